The molecule has 2 heterocycles. The number of rotatable bonds is 4. The maximum absolute atomic E-state index is 12.0. The monoisotopic (exact) mass is 364 g/mol. The van der Waals surface area contributed by atoms with Crippen LogP contribution >= 0.6 is 0 Å². The van der Waals surface area contributed by atoms with Crippen molar-refractivity contribution in [3.05, 3.63) is 41.0 Å². The molecule has 2 fully saturated rings. The normalized spacial score (nSPS) is 24.6. The summed E-state index contributed by atoms with van der Waals surface area (Å²) < 4.78 is 6.25. The predicted molar refractivity (Wildman–Crippen MR) is 107 cm³/mol. The van der Waals surface area contributed by atoms with Crippen molar-refractivity contribution in [1.29, 1.82) is 0 Å². The standard InChI is InChI=1S/C23H28N2O2/c26-22-15-24-23(21-6-2-5-20(21)22)16-7-9-18(10-8-16)27-19-11-13-25(14-12-19)17-3-1-4-17/h7-10,17,19H,1-6,11-15H2. The Morgan fingerprint density at radius 3 is 2.37 bits per heavy atom. The molecule has 0 atom stereocenters. The number of likely N-dealkylation sites (tertiary alicyclic amines) is 1. The molecule has 0 radical (unpaired) electrons. The molecule has 1 aromatic carbocycles. The highest BCUT2D eigenvalue weighted by Crippen LogP contribution is 2.33. The van der Waals surface area contributed by atoms with E-state index in [4.69, 9.17) is 4.74 Å². The van der Waals surface area contributed by atoms with Crippen LogP contribution in [0.25, 0.3) is 0 Å². The highest BCUT2D eigenvalue weighted by Gasteiger charge is 2.30. The predicted octanol–water partition coefficient (Wildman–Crippen LogP) is 3.93. The van der Waals surface area contributed by atoms with Crippen molar-refractivity contribution in [1.82, 2.24) is 4.90 Å². The highest BCUT2D eigenvalue weighted by molar-refractivity contribution is 6.20. The second-order valence-corrected chi connectivity index (χ2v) is 8.36. The first-order valence-corrected chi connectivity index (χ1v) is 10.6. The van der Waals surface area contributed by atoms with E-state index in [1.54, 1.807) is 0 Å². The van der Waals surface area contributed by atoms with Crippen molar-refractivity contribution in [2.24, 2.45) is 4.99 Å². The molecule has 0 unspecified atom stereocenters. The Kier molecular flexibility index (Phi) is 4.60. The number of aliphatic imine (C=N–C) groups is 1. The SMILES string of the molecule is O=C1CN=C(c2ccc(OC3CCN(C4CCC4)CC3)cc2)C2=C1CCC2. The number of nitrogens with zero attached hydrogens (tertiary/aromatic N) is 2. The topological polar surface area (TPSA) is 41.9 Å². The molecule has 4 aliphatic rings. The van der Waals surface area contributed by atoms with Crippen LogP contribution in [0.4, 0.5) is 0 Å². The van der Waals surface area contributed by atoms with Gasteiger partial charge in [0.1, 0.15) is 18.4 Å². The van der Waals surface area contributed by atoms with Gasteiger partial charge in [0.05, 0.1) is 5.71 Å². The van der Waals surface area contributed by atoms with E-state index < -0.39 is 0 Å². The Hall–Kier alpha value is -1.94. The molecule has 0 spiro atoms. The van der Waals surface area contributed by atoms with Crippen LogP contribution in [0.15, 0.2) is 40.4 Å². The van der Waals surface area contributed by atoms with Gasteiger partial charge in [0.2, 0.25) is 0 Å². The summed E-state index contributed by atoms with van der Waals surface area (Å²) in [5, 5.41) is 0. The highest BCUT2D eigenvalue weighted by atomic mass is 16.5. The fraction of sp³-hybridized carbons (Fsp3) is 0.565. The summed E-state index contributed by atoms with van der Waals surface area (Å²) in [7, 11) is 0. The summed E-state index contributed by atoms with van der Waals surface area (Å²) in [6.45, 7) is 2.66. The van der Waals surface area contributed by atoms with Gasteiger partial charge in [-0.05, 0) is 74.8 Å². The lowest BCUT2D eigenvalue weighted by atomic mass is 9.90. The fourth-order valence-electron chi connectivity index (χ4n) is 4.91. The van der Waals surface area contributed by atoms with Crippen LogP contribution in [0.2, 0.25) is 0 Å². The average Bonchev–Trinajstić information content (AvgIpc) is 3.14. The molecule has 0 amide bonds. The van der Waals surface area contributed by atoms with Gasteiger partial charge in [-0.25, -0.2) is 0 Å². The van der Waals surface area contributed by atoms with Crippen molar-refractivity contribution < 1.29 is 9.53 Å². The van der Waals surface area contributed by atoms with E-state index in [0.717, 1.165) is 60.7 Å². The summed E-state index contributed by atoms with van der Waals surface area (Å²) in [4.78, 5) is 19.3. The minimum absolute atomic E-state index is 0.222. The van der Waals surface area contributed by atoms with Gasteiger partial charge in [-0.1, -0.05) is 6.42 Å². The van der Waals surface area contributed by atoms with E-state index in [9.17, 15) is 4.79 Å². The molecule has 5 rings (SSSR count). The third-order valence-corrected chi connectivity index (χ3v) is 6.72. The lowest BCUT2D eigenvalue weighted by molar-refractivity contribution is -0.114. The fourth-order valence-corrected chi connectivity index (χ4v) is 4.91. The molecule has 0 aromatic heterocycles. The Morgan fingerprint density at radius 1 is 0.926 bits per heavy atom. The van der Waals surface area contributed by atoms with Gasteiger partial charge in [0, 0.05) is 30.3 Å². The number of hydrogen-bond donors (Lipinski definition) is 0. The molecule has 4 nitrogen and oxygen atoms in total. The number of hydrogen-bond acceptors (Lipinski definition) is 4. The zero-order valence-corrected chi connectivity index (χ0v) is 16.0. The number of carbonyl (C=O) groups is 1. The van der Waals surface area contributed by atoms with Crippen LogP contribution < -0.4 is 4.74 Å². The first-order chi connectivity index (χ1) is 13.3. The van der Waals surface area contributed by atoms with Crippen LogP contribution in [0.3, 0.4) is 0 Å². The van der Waals surface area contributed by atoms with Crippen LogP contribution in [0.5, 0.6) is 5.75 Å². The molecule has 0 bridgehead atoms. The number of Topliss-reactive ketones (excluding diaryl/α,β-unsaturated/α-hetero) is 1. The molecule has 0 N–H and O–H groups in total. The van der Waals surface area contributed by atoms with Gasteiger partial charge >= 0.3 is 0 Å². The Labute approximate surface area is 161 Å². The summed E-state index contributed by atoms with van der Waals surface area (Å²) in [6.07, 6.45) is 9.77. The van der Waals surface area contributed by atoms with Gasteiger partial charge in [0.15, 0.2) is 5.78 Å². The molecule has 2 aliphatic carbocycles. The number of carbonyl (C=O) groups excluding carboxylic acids is 1. The number of piperidine rings is 1. The van der Waals surface area contributed by atoms with Gasteiger partial charge in [-0.3, -0.25) is 9.79 Å². The number of allylic oxidation sites excluding steroid dienone is 1. The quantitative estimate of drug-likeness (QED) is 0.813. The molecule has 1 saturated carbocycles. The van der Waals surface area contributed by atoms with Gasteiger partial charge < -0.3 is 9.64 Å². The third-order valence-electron chi connectivity index (χ3n) is 6.72. The second-order valence-electron chi connectivity index (χ2n) is 8.36. The zero-order valence-electron chi connectivity index (χ0n) is 16.0. The summed E-state index contributed by atoms with van der Waals surface area (Å²) in [6, 6.07) is 9.21. The van der Waals surface area contributed by atoms with Crippen molar-refractivity contribution >= 4 is 11.5 Å². The number of ketones is 1. The van der Waals surface area contributed by atoms with Gasteiger partial charge in [-0.15, -0.1) is 0 Å². The molecular weight excluding hydrogens is 336 g/mol. The summed E-state index contributed by atoms with van der Waals surface area (Å²) >= 11 is 0. The maximum Gasteiger partial charge on any atom is 0.180 e. The second kappa shape index (κ2) is 7.23. The Morgan fingerprint density at radius 2 is 1.67 bits per heavy atom. The van der Waals surface area contributed by atoms with Crippen molar-refractivity contribution in [2.45, 2.75) is 63.5 Å². The van der Waals surface area contributed by atoms with Crippen molar-refractivity contribution in [3.63, 3.8) is 0 Å². The molecule has 4 heteroatoms. The number of ether oxygens (including phenoxy) is 1. The molecule has 1 saturated heterocycles. The largest absolute Gasteiger partial charge is 0.490 e. The molecule has 2 aliphatic heterocycles. The average molecular weight is 364 g/mol. The number of benzene rings is 1. The van der Waals surface area contributed by atoms with Crippen LogP contribution in [-0.2, 0) is 4.79 Å². The van der Waals surface area contributed by atoms with Crippen LogP contribution in [0, 0.1) is 0 Å². The van der Waals surface area contributed by atoms with Gasteiger partial charge in [-0.2, -0.15) is 0 Å². The first-order valence-electron chi connectivity index (χ1n) is 10.6. The maximum atomic E-state index is 12.0. The van der Waals surface area contributed by atoms with E-state index in [1.807, 2.05) is 0 Å². The van der Waals surface area contributed by atoms with E-state index in [0.29, 0.717) is 12.6 Å². The lowest BCUT2D eigenvalue weighted by Crippen LogP contribution is -2.46. The van der Waals surface area contributed by atoms with E-state index in [-0.39, 0.29) is 5.78 Å². The van der Waals surface area contributed by atoms with Crippen LogP contribution in [0.1, 0.15) is 56.9 Å². The molecule has 27 heavy (non-hydrogen) atoms. The minimum Gasteiger partial charge on any atom is -0.490 e. The zero-order chi connectivity index (χ0) is 18.2. The van der Waals surface area contributed by atoms with Gasteiger partial charge in [0.25, 0.3) is 0 Å². The van der Waals surface area contributed by atoms with E-state index in [2.05, 4.69) is 34.2 Å². The molecule has 142 valence electrons. The third kappa shape index (κ3) is 3.36. The van der Waals surface area contributed by atoms with Crippen LogP contribution in [-0.4, -0.2) is 48.2 Å². The number of dihydropyridines is 1. The van der Waals surface area contributed by atoms with E-state index >= 15 is 0 Å². The first kappa shape index (κ1) is 17.2. The van der Waals surface area contributed by atoms with Crippen molar-refractivity contribution in [3.8, 4) is 5.75 Å². The molecular formula is C23H28N2O2. The Bertz CT molecular complexity index is 781. The van der Waals surface area contributed by atoms with E-state index in [1.165, 1.54) is 37.9 Å². The smallest absolute Gasteiger partial charge is 0.180 e. The lowest BCUT2D eigenvalue weighted by Gasteiger charge is -2.41. The summed E-state index contributed by atoms with van der Waals surface area (Å²) in [5.41, 5.74) is 4.35. The van der Waals surface area contributed by atoms with Crippen molar-refractivity contribution in [2.75, 3.05) is 19.6 Å². The Balaban J connectivity index is 1.22. The minimum atomic E-state index is 0.222. The molecule has 1 aromatic rings. The summed E-state index contributed by atoms with van der Waals surface area (Å²) in [5.74, 6) is 1.17.